The summed E-state index contributed by atoms with van der Waals surface area (Å²) in [6.07, 6.45) is 6.23. The highest BCUT2D eigenvalue weighted by Crippen LogP contribution is 2.36. The minimum atomic E-state index is -0.0468. The molecule has 1 aromatic heterocycles. The van der Waals surface area contributed by atoms with Crippen LogP contribution in [-0.2, 0) is 24.2 Å². The van der Waals surface area contributed by atoms with E-state index < -0.39 is 0 Å². The second kappa shape index (κ2) is 10.4. The number of aromatic nitrogens is 2. The molecule has 1 saturated carbocycles. The first-order valence-electron chi connectivity index (χ1n) is 12.0. The van der Waals surface area contributed by atoms with E-state index in [1.54, 1.807) is 16.3 Å². The molecule has 1 aliphatic heterocycles. The van der Waals surface area contributed by atoms with Gasteiger partial charge in [-0.25, -0.2) is 4.98 Å². The molecule has 1 fully saturated rings. The molecule has 5 nitrogen and oxygen atoms in total. The largest absolute Gasteiger partial charge is 0.338 e. The van der Waals surface area contributed by atoms with Gasteiger partial charge in [-0.1, -0.05) is 60.1 Å². The van der Waals surface area contributed by atoms with Crippen molar-refractivity contribution in [1.82, 2.24) is 14.5 Å². The summed E-state index contributed by atoms with van der Waals surface area (Å²) in [6, 6.07) is 17.5. The molecule has 2 heterocycles. The van der Waals surface area contributed by atoms with Gasteiger partial charge in [0.15, 0.2) is 5.16 Å². The molecule has 2 aliphatic rings. The van der Waals surface area contributed by atoms with Crippen LogP contribution in [0.5, 0.6) is 0 Å². The summed E-state index contributed by atoms with van der Waals surface area (Å²) < 4.78 is 1.74. The van der Waals surface area contributed by atoms with Gasteiger partial charge in [-0.15, -0.1) is 0 Å². The normalized spacial score (nSPS) is 15.6. The zero-order valence-corrected chi connectivity index (χ0v) is 20.7. The van der Waals surface area contributed by atoms with Crippen LogP contribution in [0.4, 0.5) is 0 Å². The minimum absolute atomic E-state index is 0.0468. The van der Waals surface area contributed by atoms with Crippen molar-refractivity contribution < 1.29 is 4.79 Å². The first-order chi connectivity index (χ1) is 16.6. The molecule has 0 bridgehead atoms. The predicted octanol–water partition coefficient (Wildman–Crippen LogP) is 5.44. The number of fused-ring (bicyclic) bond motifs is 1. The molecule has 0 atom stereocenters. The van der Waals surface area contributed by atoms with Gasteiger partial charge >= 0.3 is 0 Å². The standard InChI is InChI=1S/C27H28ClN3O2S/c28-20-9-4-7-19(17-20)8-5-14-25(32)30-16-15-24-23(18-30)26(33)31(21-10-2-1-3-11-21)27(29-24)34-22-12-6-13-22/h1-4,7,9-11,17,22H,5-6,8,12-16,18H2. The van der Waals surface area contributed by atoms with Gasteiger partial charge in [0.25, 0.3) is 5.56 Å². The molecule has 2 aromatic carbocycles. The van der Waals surface area contributed by atoms with Crippen molar-refractivity contribution in [1.29, 1.82) is 0 Å². The summed E-state index contributed by atoms with van der Waals surface area (Å²) in [5.41, 5.74) is 3.41. The Bertz CT molecular complexity index is 1240. The van der Waals surface area contributed by atoms with Crippen molar-refractivity contribution in [3.8, 4) is 5.69 Å². The predicted molar refractivity (Wildman–Crippen MR) is 137 cm³/mol. The van der Waals surface area contributed by atoms with E-state index in [0.29, 0.717) is 41.8 Å². The van der Waals surface area contributed by atoms with Crippen molar-refractivity contribution in [3.05, 3.63) is 86.8 Å². The molecular formula is C27H28ClN3O2S. The van der Waals surface area contributed by atoms with E-state index in [1.165, 1.54) is 19.3 Å². The Kier molecular flexibility index (Phi) is 7.07. The summed E-state index contributed by atoms with van der Waals surface area (Å²) in [7, 11) is 0. The maximum absolute atomic E-state index is 13.7. The van der Waals surface area contributed by atoms with Crippen LogP contribution in [0, 0.1) is 0 Å². The maximum Gasteiger partial charge on any atom is 0.264 e. The maximum atomic E-state index is 13.7. The zero-order chi connectivity index (χ0) is 23.5. The Balaban J connectivity index is 1.34. The molecule has 0 saturated heterocycles. The lowest BCUT2D eigenvalue weighted by Crippen LogP contribution is -2.41. The van der Waals surface area contributed by atoms with Gasteiger partial charge in [0, 0.05) is 29.7 Å². The molecular weight excluding hydrogens is 466 g/mol. The van der Waals surface area contributed by atoms with Crippen molar-refractivity contribution in [2.24, 2.45) is 0 Å². The Labute approximate surface area is 209 Å². The first-order valence-corrected chi connectivity index (χ1v) is 13.2. The number of nitrogens with zero attached hydrogens (tertiary/aromatic N) is 3. The molecule has 3 aromatic rings. The van der Waals surface area contributed by atoms with E-state index in [-0.39, 0.29) is 11.5 Å². The number of amides is 1. The van der Waals surface area contributed by atoms with Crippen LogP contribution in [0.2, 0.25) is 5.02 Å². The fourth-order valence-corrected chi connectivity index (χ4v) is 6.02. The Morgan fingerprint density at radius 2 is 1.94 bits per heavy atom. The van der Waals surface area contributed by atoms with Gasteiger partial charge in [0.05, 0.1) is 23.5 Å². The second-order valence-electron chi connectivity index (χ2n) is 9.02. The van der Waals surface area contributed by atoms with E-state index in [2.05, 4.69) is 0 Å². The van der Waals surface area contributed by atoms with Crippen molar-refractivity contribution in [2.75, 3.05) is 6.54 Å². The lowest BCUT2D eigenvalue weighted by Gasteiger charge is -2.30. The number of carbonyl (C=O) groups is 1. The van der Waals surface area contributed by atoms with Crippen LogP contribution >= 0.6 is 23.4 Å². The van der Waals surface area contributed by atoms with Crippen LogP contribution in [-0.4, -0.2) is 32.2 Å². The summed E-state index contributed by atoms with van der Waals surface area (Å²) >= 11 is 7.78. The van der Waals surface area contributed by atoms with Gasteiger partial charge in [0.2, 0.25) is 5.91 Å². The van der Waals surface area contributed by atoms with Crippen LogP contribution < -0.4 is 5.56 Å². The number of para-hydroxylation sites is 1. The zero-order valence-electron chi connectivity index (χ0n) is 19.1. The second-order valence-corrected chi connectivity index (χ2v) is 10.7. The third kappa shape index (κ3) is 5.08. The quantitative estimate of drug-likeness (QED) is 0.411. The average molecular weight is 494 g/mol. The number of halogens is 1. The fourth-order valence-electron chi connectivity index (χ4n) is 4.48. The lowest BCUT2D eigenvalue weighted by atomic mass is 10.0. The number of aryl methyl sites for hydroxylation is 1. The van der Waals surface area contributed by atoms with Gasteiger partial charge < -0.3 is 4.90 Å². The van der Waals surface area contributed by atoms with Crippen LogP contribution in [0.3, 0.4) is 0 Å². The molecule has 1 amide bonds. The van der Waals surface area contributed by atoms with Gasteiger partial charge in [-0.05, 0) is 55.5 Å². The van der Waals surface area contributed by atoms with Gasteiger partial charge in [-0.3, -0.25) is 14.2 Å². The van der Waals surface area contributed by atoms with E-state index >= 15 is 0 Å². The number of benzene rings is 2. The van der Waals surface area contributed by atoms with Crippen LogP contribution in [0.1, 0.15) is 48.9 Å². The summed E-state index contributed by atoms with van der Waals surface area (Å²) in [4.78, 5) is 33.4. The molecule has 1 aliphatic carbocycles. The number of rotatable bonds is 7. The van der Waals surface area contributed by atoms with Crippen LogP contribution in [0.15, 0.2) is 64.5 Å². The average Bonchev–Trinajstić information content (AvgIpc) is 2.82. The highest BCUT2D eigenvalue weighted by atomic mass is 35.5. The molecule has 0 unspecified atom stereocenters. The SMILES string of the molecule is O=C(CCCc1cccc(Cl)c1)N1CCc2nc(SC3CCC3)n(-c3ccccc3)c(=O)c2C1. The monoisotopic (exact) mass is 493 g/mol. The van der Waals surface area contributed by atoms with E-state index in [4.69, 9.17) is 16.6 Å². The van der Waals surface area contributed by atoms with Gasteiger partial charge in [-0.2, -0.15) is 0 Å². The minimum Gasteiger partial charge on any atom is -0.338 e. The van der Waals surface area contributed by atoms with Gasteiger partial charge in [0.1, 0.15) is 0 Å². The smallest absolute Gasteiger partial charge is 0.264 e. The fraction of sp³-hybridized carbons (Fsp3) is 0.370. The number of hydrogen-bond acceptors (Lipinski definition) is 4. The molecule has 34 heavy (non-hydrogen) atoms. The Morgan fingerprint density at radius 3 is 2.68 bits per heavy atom. The van der Waals surface area contributed by atoms with E-state index in [9.17, 15) is 9.59 Å². The van der Waals surface area contributed by atoms with E-state index in [0.717, 1.165) is 34.9 Å². The number of hydrogen-bond donors (Lipinski definition) is 0. The highest BCUT2D eigenvalue weighted by molar-refractivity contribution is 7.99. The summed E-state index contributed by atoms with van der Waals surface area (Å²) in [6.45, 7) is 0.941. The molecule has 176 valence electrons. The number of thioether (sulfide) groups is 1. The molecule has 0 N–H and O–H groups in total. The molecule has 0 radical (unpaired) electrons. The third-order valence-electron chi connectivity index (χ3n) is 6.64. The van der Waals surface area contributed by atoms with E-state index in [1.807, 2.05) is 59.5 Å². The Morgan fingerprint density at radius 1 is 1.12 bits per heavy atom. The molecule has 7 heteroatoms. The topological polar surface area (TPSA) is 55.2 Å². The lowest BCUT2D eigenvalue weighted by molar-refractivity contribution is -0.132. The first kappa shape index (κ1) is 23.2. The van der Waals surface area contributed by atoms with Crippen molar-refractivity contribution in [2.45, 2.75) is 61.9 Å². The summed E-state index contributed by atoms with van der Waals surface area (Å²) in [5.74, 6) is 0.0891. The highest BCUT2D eigenvalue weighted by Gasteiger charge is 2.28. The third-order valence-corrected chi connectivity index (χ3v) is 8.16. The van der Waals surface area contributed by atoms with Crippen LogP contribution in [0.25, 0.3) is 5.69 Å². The van der Waals surface area contributed by atoms with Crippen molar-refractivity contribution in [3.63, 3.8) is 0 Å². The van der Waals surface area contributed by atoms with Crippen molar-refractivity contribution >= 4 is 29.3 Å². The molecule has 0 spiro atoms. The summed E-state index contributed by atoms with van der Waals surface area (Å²) in [5, 5.41) is 2.02. The Hall–Kier alpha value is -2.57. The molecule has 5 rings (SSSR count). The number of carbonyl (C=O) groups excluding carboxylic acids is 1.